The van der Waals surface area contributed by atoms with E-state index in [9.17, 15) is 10.5 Å². The minimum Gasteiger partial charge on any atom is -0.196 e. The number of hydrogen-bond donors (Lipinski definition) is 0. The van der Waals surface area contributed by atoms with Crippen LogP contribution in [0.1, 0.15) is 11.1 Å². The van der Waals surface area contributed by atoms with Gasteiger partial charge in [-0.25, -0.2) is 0 Å². The average Bonchev–Trinajstić information content (AvgIpc) is 2.47. The fraction of sp³-hybridized carbons (Fsp3) is 0.125. The van der Waals surface area contributed by atoms with E-state index >= 15 is 0 Å². The van der Waals surface area contributed by atoms with E-state index in [0.29, 0.717) is 6.42 Å². The van der Waals surface area contributed by atoms with Crippen LogP contribution < -0.4 is 0 Å². The van der Waals surface area contributed by atoms with Crippen molar-refractivity contribution >= 4 is 0 Å². The highest BCUT2D eigenvalue weighted by Crippen LogP contribution is 2.27. The maximum Gasteiger partial charge on any atom is 0.172 e. The minimum absolute atomic E-state index is 0.408. The van der Waals surface area contributed by atoms with E-state index in [4.69, 9.17) is 0 Å². The molecule has 0 fully saturated rings. The summed E-state index contributed by atoms with van der Waals surface area (Å²) in [4.78, 5) is 0. The molecule has 18 heavy (non-hydrogen) atoms. The molecule has 0 bridgehead atoms. The molecule has 0 amide bonds. The summed E-state index contributed by atoms with van der Waals surface area (Å²) in [5, 5.41) is 18.8. The van der Waals surface area contributed by atoms with Crippen LogP contribution in [-0.2, 0) is 11.8 Å². The largest absolute Gasteiger partial charge is 0.196 e. The van der Waals surface area contributed by atoms with Crippen LogP contribution in [0.4, 0.5) is 0 Å². The second-order valence-electron chi connectivity index (χ2n) is 4.16. The Morgan fingerprint density at radius 3 is 1.78 bits per heavy atom. The standard InChI is InChI=1S/C16H12N2/c17-12-16(13-18,15-9-5-2-6-10-15)11-14-7-3-1-4-8-14/h1-10H,11H2. The normalized spacial score (nSPS) is 10.3. The molecule has 86 valence electrons. The van der Waals surface area contributed by atoms with Crippen LogP contribution in [0.2, 0.25) is 0 Å². The monoisotopic (exact) mass is 232 g/mol. The lowest BCUT2D eigenvalue weighted by Gasteiger charge is -2.19. The van der Waals surface area contributed by atoms with Gasteiger partial charge in [0, 0.05) is 6.42 Å². The fourth-order valence-electron chi connectivity index (χ4n) is 1.96. The van der Waals surface area contributed by atoms with Crippen LogP contribution in [-0.4, -0.2) is 0 Å². The van der Waals surface area contributed by atoms with Crippen molar-refractivity contribution in [3.63, 3.8) is 0 Å². The van der Waals surface area contributed by atoms with Gasteiger partial charge in [-0.1, -0.05) is 60.7 Å². The van der Waals surface area contributed by atoms with Crippen molar-refractivity contribution in [2.75, 3.05) is 0 Å². The Balaban J connectivity index is 2.42. The van der Waals surface area contributed by atoms with E-state index in [-0.39, 0.29) is 0 Å². The Labute approximate surface area is 107 Å². The first-order chi connectivity index (χ1) is 8.80. The van der Waals surface area contributed by atoms with E-state index < -0.39 is 5.41 Å². The van der Waals surface area contributed by atoms with Crippen LogP contribution in [0.25, 0.3) is 0 Å². The molecule has 0 aliphatic rings. The molecule has 0 saturated heterocycles. The molecule has 2 rings (SSSR count). The lowest BCUT2D eigenvalue weighted by Crippen LogP contribution is -2.24. The van der Waals surface area contributed by atoms with Crippen molar-refractivity contribution in [2.45, 2.75) is 11.8 Å². The number of nitrogens with zero attached hydrogens (tertiary/aromatic N) is 2. The zero-order valence-electron chi connectivity index (χ0n) is 9.88. The molecule has 0 atom stereocenters. The average molecular weight is 232 g/mol. The quantitative estimate of drug-likeness (QED) is 0.815. The lowest BCUT2D eigenvalue weighted by molar-refractivity contribution is 0.695. The maximum atomic E-state index is 9.42. The molecule has 0 aliphatic carbocycles. The predicted molar refractivity (Wildman–Crippen MR) is 69.5 cm³/mol. The minimum atomic E-state index is -1.11. The molecule has 2 heteroatoms. The topological polar surface area (TPSA) is 47.6 Å². The van der Waals surface area contributed by atoms with Crippen LogP contribution >= 0.6 is 0 Å². The molecule has 2 aromatic rings. The third-order valence-electron chi connectivity index (χ3n) is 2.96. The van der Waals surface area contributed by atoms with Crippen LogP contribution in [0.5, 0.6) is 0 Å². The van der Waals surface area contributed by atoms with Gasteiger partial charge in [-0.3, -0.25) is 0 Å². The Kier molecular flexibility index (Phi) is 3.41. The Hall–Kier alpha value is -2.58. The van der Waals surface area contributed by atoms with Crippen molar-refractivity contribution in [3.8, 4) is 12.1 Å². The summed E-state index contributed by atoms with van der Waals surface area (Å²) >= 11 is 0. The number of rotatable bonds is 3. The van der Waals surface area contributed by atoms with E-state index in [1.54, 1.807) is 0 Å². The molecule has 0 aromatic heterocycles. The lowest BCUT2D eigenvalue weighted by atomic mass is 9.78. The van der Waals surface area contributed by atoms with Gasteiger partial charge in [0.15, 0.2) is 5.41 Å². The molecule has 0 saturated carbocycles. The fourth-order valence-corrected chi connectivity index (χ4v) is 1.96. The first kappa shape index (κ1) is 11.9. The predicted octanol–water partition coefficient (Wildman–Crippen LogP) is 3.21. The van der Waals surface area contributed by atoms with E-state index in [0.717, 1.165) is 11.1 Å². The Morgan fingerprint density at radius 1 is 0.778 bits per heavy atom. The highest BCUT2D eigenvalue weighted by Gasteiger charge is 2.32. The van der Waals surface area contributed by atoms with Crippen molar-refractivity contribution < 1.29 is 0 Å². The Morgan fingerprint density at radius 2 is 1.28 bits per heavy atom. The zero-order chi connectivity index (χ0) is 12.8. The van der Waals surface area contributed by atoms with E-state index in [2.05, 4.69) is 12.1 Å². The molecular formula is C16H12N2. The molecule has 0 unspecified atom stereocenters. The summed E-state index contributed by atoms with van der Waals surface area (Å²) < 4.78 is 0. The summed E-state index contributed by atoms with van der Waals surface area (Å²) in [6, 6.07) is 23.2. The van der Waals surface area contributed by atoms with Gasteiger partial charge in [-0.05, 0) is 11.1 Å². The van der Waals surface area contributed by atoms with E-state index in [1.165, 1.54) is 0 Å². The Bertz CT molecular complexity index is 574. The number of benzene rings is 2. The maximum absolute atomic E-state index is 9.42. The zero-order valence-corrected chi connectivity index (χ0v) is 9.88. The van der Waals surface area contributed by atoms with Gasteiger partial charge in [0.1, 0.15) is 0 Å². The molecule has 0 N–H and O–H groups in total. The number of nitriles is 2. The third-order valence-corrected chi connectivity index (χ3v) is 2.96. The number of hydrogen-bond acceptors (Lipinski definition) is 2. The molecule has 0 spiro atoms. The van der Waals surface area contributed by atoms with Crippen molar-refractivity contribution in [3.05, 3.63) is 71.8 Å². The van der Waals surface area contributed by atoms with Crippen LogP contribution in [0.3, 0.4) is 0 Å². The molecule has 2 nitrogen and oxygen atoms in total. The summed E-state index contributed by atoms with van der Waals surface area (Å²) in [7, 11) is 0. The van der Waals surface area contributed by atoms with Crippen LogP contribution in [0, 0.1) is 22.7 Å². The highest BCUT2D eigenvalue weighted by molar-refractivity contribution is 5.42. The second kappa shape index (κ2) is 5.17. The summed E-state index contributed by atoms with van der Waals surface area (Å²) in [5.74, 6) is 0. The third kappa shape index (κ3) is 2.24. The highest BCUT2D eigenvalue weighted by atomic mass is 14.4. The molecule has 0 aliphatic heterocycles. The molecule has 0 heterocycles. The van der Waals surface area contributed by atoms with Crippen molar-refractivity contribution in [2.24, 2.45) is 0 Å². The summed E-state index contributed by atoms with van der Waals surface area (Å²) in [6.07, 6.45) is 0.408. The second-order valence-corrected chi connectivity index (χ2v) is 4.16. The van der Waals surface area contributed by atoms with Gasteiger partial charge in [0.05, 0.1) is 12.1 Å². The molecule has 2 aromatic carbocycles. The van der Waals surface area contributed by atoms with Crippen LogP contribution in [0.15, 0.2) is 60.7 Å². The van der Waals surface area contributed by atoms with E-state index in [1.807, 2.05) is 60.7 Å². The van der Waals surface area contributed by atoms with Gasteiger partial charge in [-0.15, -0.1) is 0 Å². The van der Waals surface area contributed by atoms with Gasteiger partial charge in [-0.2, -0.15) is 10.5 Å². The van der Waals surface area contributed by atoms with Gasteiger partial charge >= 0.3 is 0 Å². The smallest absolute Gasteiger partial charge is 0.172 e. The SMILES string of the molecule is N#CC(C#N)(Cc1ccccc1)c1ccccc1. The summed E-state index contributed by atoms with van der Waals surface area (Å²) in [5.41, 5.74) is 0.631. The van der Waals surface area contributed by atoms with Crippen molar-refractivity contribution in [1.82, 2.24) is 0 Å². The first-order valence-electron chi connectivity index (χ1n) is 5.73. The molecular weight excluding hydrogens is 220 g/mol. The summed E-state index contributed by atoms with van der Waals surface area (Å²) in [6.45, 7) is 0. The van der Waals surface area contributed by atoms with Crippen molar-refractivity contribution in [1.29, 1.82) is 10.5 Å². The first-order valence-corrected chi connectivity index (χ1v) is 5.73. The van der Waals surface area contributed by atoms with Gasteiger partial charge < -0.3 is 0 Å². The van der Waals surface area contributed by atoms with Gasteiger partial charge in [0.25, 0.3) is 0 Å². The van der Waals surface area contributed by atoms with Gasteiger partial charge in [0.2, 0.25) is 0 Å². The molecule has 0 radical (unpaired) electrons.